The Morgan fingerprint density at radius 2 is 1.84 bits per heavy atom. The van der Waals surface area contributed by atoms with Crippen LogP contribution < -0.4 is 0 Å². The Kier molecular flexibility index (Phi) is 4.15. The Balaban J connectivity index is 2.22. The van der Waals surface area contributed by atoms with E-state index < -0.39 is 5.41 Å². The van der Waals surface area contributed by atoms with E-state index in [1.165, 1.54) is 0 Å². The van der Waals surface area contributed by atoms with Crippen LogP contribution >= 0.6 is 0 Å². The molecule has 19 heavy (non-hydrogen) atoms. The lowest BCUT2D eigenvalue weighted by molar-refractivity contribution is -0.155. The molecule has 1 amide bonds. The van der Waals surface area contributed by atoms with Gasteiger partial charge in [-0.3, -0.25) is 4.79 Å². The van der Waals surface area contributed by atoms with Gasteiger partial charge in [-0.2, -0.15) is 5.26 Å². The fraction of sp³-hybridized carbons (Fsp3) is 0.867. The van der Waals surface area contributed by atoms with Crippen molar-refractivity contribution in [3.8, 4) is 6.07 Å². The number of hydrogen-bond donors (Lipinski definition) is 0. The zero-order valence-corrected chi connectivity index (χ0v) is 12.1. The molecule has 1 saturated carbocycles. The lowest BCUT2D eigenvalue weighted by Crippen LogP contribution is -2.59. The number of hydrogen-bond acceptors (Lipinski definition) is 3. The second kappa shape index (κ2) is 5.50. The van der Waals surface area contributed by atoms with Crippen molar-refractivity contribution < 1.29 is 9.53 Å². The van der Waals surface area contributed by atoms with Crippen LogP contribution in [0.4, 0.5) is 0 Å². The molecular formula is C15H24N2O2. The van der Waals surface area contributed by atoms with Crippen molar-refractivity contribution in [3.63, 3.8) is 0 Å². The minimum absolute atomic E-state index is 0.0326. The van der Waals surface area contributed by atoms with Gasteiger partial charge in [-0.05, 0) is 26.7 Å². The average molecular weight is 264 g/mol. The highest BCUT2D eigenvalue weighted by Gasteiger charge is 2.46. The Bertz CT molecular complexity index is 376. The zero-order valence-electron chi connectivity index (χ0n) is 12.1. The predicted octanol–water partition coefficient (Wildman–Crippen LogP) is 2.49. The van der Waals surface area contributed by atoms with Crippen LogP contribution in [0.25, 0.3) is 0 Å². The molecule has 1 saturated heterocycles. The summed E-state index contributed by atoms with van der Waals surface area (Å²) in [6, 6.07) is 2.36. The Hall–Kier alpha value is -1.08. The van der Waals surface area contributed by atoms with E-state index in [4.69, 9.17) is 4.74 Å². The van der Waals surface area contributed by atoms with Gasteiger partial charge in [0.15, 0.2) is 0 Å². The monoisotopic (exact) mass is 264 g/mol. The summed E-state index contributed by atoms with van der Waals surface area (Å²) in [5, 5.41) is 9.61. The summed E-state index contributed by atoms with van der Waals surface area (Å²) < 4.78 is 5.47. The van der Waals surface area contributed by atoms with Crippen molar-refractivity contribution in [1.82, 2.24) is 4.90 Å². The van der Waals surface area contributed by atoms with E-state index in [2.05, 4.69) is 6.07 Å². The third kappa shape index (κ3) is 2.76. The summed E-state index contributed by atoms with van der Waals surface area (Å²) in [6.45, 7) is 5.78. The summed E-state index contributed by atoms with van der Waals surface area (Å²) in [4.78, 5) is 14.8. The van der Waals surface area contributed by atoms with Gasteiger partial charge in [-0.15, -0.1) is 0 Å². The number of rotatable bonds is 1. The SMILES string of the molecule is CC1(C)COCCN1C(=O)C1(C#N)CCCCCC1. The van der Waals surface area contributed by atoms with Crippen molar-refractivity contribution in [2.45, 2.75) is 57.9 Å². The highest BCUT2D eigenvalue weighted by Crippen LogP contribution is 2.38. The first kappa shape index (κ1) is 14.3. The first-order valence-corrected chi connectivity index (χ1v) is 7.33. The molecule has 0 aromatic carbocycles. The van der Waals surface area contributed by atoms with E-state index in [-0.39, 0.29) is 11.4 Å². The molecule has 4 nitrogen and oxygen atoms in total. The van der Waals surface area contributed by atoms with E-state index >= 15 is 0 Å². The molecule has 106 valence electrons. The van der Waals surface area contributed by atoms with Crippen molar-refractivity contribution in [1.29, 1.82) is 5.26 Å². The highest BCUT2D eigenvalue weighted by molar-refractivity contribution is 5.86. The molecule has 1 aliphatic carbocycles. The van der Waals surface area contributed by atoms with Crippen LogP contribution in [0.5, 0.6) is 0 Å². The molecule has 0 aromatic rings. The quantitative estimate of drug-likeness (QED) is 0.684. The standard InChI is InChI=1S/C15H24N2O2/c1-14(2)12-19-10-9-17(14)13(18)15(11-16)7-5-3-4-6-8-15/h3-10,12H2,1-2H3. The van der Waals surface area contributed by atoms with Crippen LogP contribution in [-0.4, -0.2) is 36.1 Å². The second-order valence-electron chi connectivity index (χ2n) is 6.43. The molecular weight excluding hydrogens is 240 g/mol. The summed E-state index contributed by atoms with van der Waals surface area (Å²) in [5.41, 5.74) is -1.09. The van der Waals surface area contributed by atoms with Crippen LogP contribution in [0.1, 0.15) is 52.4 Å². The first-order valence-electron chi connectivity index (χ1n) is 7.33. The van der Waals surface area contributed by atoms with Gasteiger partial charge in [0, 0.05) is 6.54 Å². The van der Waals surface area contributed by atoms with Gasteiger partial charge in [0.1, 0.15) is 5.41 Å². The van der Waals surface area contributed by atoms with E-state index in [0.29, 0.717) is 19.8 Å². The summed E-state index contributed by atoms with van der Waals surface area (Å²) in [6.07, 6.45) is 5.70. The maximum absolute atomic E-state index is 12.9. The first-order chi connectivity index (χ1) is 9.02. The van der Waals surface area contributed by atoms with Crippen molar-refractivity contribution in [2.75, 3.05) is 19.8 Å². The minimum atomic E-state index is -0.787. The molecule has 1 heterocycles. The lowest BCUT2D eigenvalue weighted by Gasteiger charge is -2.45. The van der Waals surface area contributed by atoms with Gasteiger partial charge < -0.3 is 9.64 Å². The molecule has 0 N–H and O–H groups in total. The molecule has 0 atom stereocenters. The molecule has 1 aliphatic heterocycles. The summed E-state index contributed by atoms with van der Waals surface area (Å²) in [5.74, 6) is 0.0326. The molecule has 0 aromatic heterocycles. The minimum Gasteiger partial charge on any atom is -0.377 e. The van der Waals surface area contributed by atoms with Crippen molar-refractivity contribution in [2.24, 2.45) is 5.41 Å². The number of carbonyl (C=O) groups excluding carboxylic acids is 1. The van der Waals surface area contributed by atoms with Gasteiger partial charge in [0.2, 0.25) is 5.91 Å². The maximum atomic E-state index is 12.9. The fourth-order valence-electron chi connectivity index (χ4n) is 3.20. The summed E-state index contributed by atoms with van der Waals surface area (Å²) >= 11 is 0. The number of carbonyl (C=O) groups is 1. The number of nitrogens with zero attached hydrogens (tertiary/aromatic N) is 2. The molecule has 2 aliphatic rings. The maximum Gasteiger partial charge on any atom is 0.243 e. The predicted molar refractivity (Wildman–Crippen MR) is 72.4 cm³/mol. The van der Waals surface area contributed by atoms with Crippen molar-refractivity contribution >= 4 is 5.91 Å². The van der Waals surface area contributed by atoms with Gasteiger partial charge in [0.25, 0.3) is 0 Å². The lowest BCUT2D eigenvalue weighted by atomic mass is 9.79. The van der Waals surface area contributed by atoms with Gasteiger partial charge >= 0.3 is 0 Å². The normalized spacial score (nSPS) is 26.3. The number of amides is 1. The van der Waals surface area contributed by atoms with E-state index in [1.807, 2.05) is 18.7 Å². The second-order valence-corrected chi connectivity index (χ2v) is 6.43. The Morgan fingerprint density at radius 3 is 2.37 bits per heavy atom. The zero-order chi connectivity index (χ0) is 13.9. The highest BCUT2D eigenvalue weighted by atomic mass is 16.5. The number of morpholine rings is 1. The van der Waals surface area contributed by atoms with Crippen LogP contribution in [-0.2, 0) is 9.53 Å². The van der Waals surface area contributed by atoms with Crippen LogP contribution in [0, 0.1) is 16.7 Å². The van der Waals surface area contributed by atoms with Crippen LogP contribution in [0.2, 0.25) is 0 Å². The third-order valence-corrected chi connectivity index (χ3v) is 4.47. The van der Waals surface area contributed by atoms with E-state index in [9.17, 15) is 10.1 Å². The smallest absolute Gasteiger partial charge is 0.243 e. The molecule has 0 unspecified atom stereocenters. The fourth-order valence-corrected chi connectivity index (χ4v) is 3.20. The molecule has 4 heteroatoms. The van der Waals surface area contributed by atoms with Crippen LogP contribution in [0.15, 0.2) is 0 Å². The molecule has 0 bridgehead atoms. The van der Waals surface area contributed by atoms with Crippen molar-refractivity contribution in [3.05, 3.63) is 0 Å². The largest absolute Gasteiger partial charge is 0.377 e. The molecule has 2 fully saturated rings. The molecule has 0 radical (unpaired) electrons. The topological polar surface area (TPSA) is 53.3 Å². The average Bonchev–Trinajstić information content (AvgIpc) is 2.64. The van der Waals surface area contributed by atoms with E-state index in [0.717, 1.165) is 38.5 Å². The number of ether oxygens (including phenoxy) is 1. The molecule has 0 spiro atoms. The van der Waals surface area contributed by atoms with Gasteiger partial charge in [-0.25, -0.2) is 0 Å². The van der Waals surface area contributed by atoms with Crippen LogP contribution in [0.3, 0.4) is 0 Å². The third-order valence-electron chi connectivity index (χ3n) is 4.47. The van der Waals surface area contributed by atoms with Gasteiger partial charge in [-0.1, -0.05) is 25.7 Å². The van der Waals surface area contributed by atoms with Gasteiger partial charge in [0.05, 0.1) is 24.8 Å². The van der Waals surface area contributed by atoms with E-state index in [1.54, 1.807) is 0 Å². The Labute approximate surface area is 115 Å². The Morgan fingerprint density at radius 1 is 1.21 bits per heavy atom. The molecule has 2 rings (SSSR count). The summed E-state index contributed by atoms with van der Waals surface area (Å²) in [7, 11) is 0. The number of nitriles is 1.